The van der Waals surface area contributed by atoms with Crippen molar-refractivity contribution in [2.24, 2.45) is 10.1 Å². The van der Waals surface area contributed by atoms with Crippen LogP contribution in [0.3, 0.4) is 0 Å². The molecule has 0 spiro atoms. The lowest BCUT2D eigenvalue weighted by atomic mass is 9.98. The molecule has 5 heteroatoms. The number of hydrogen-bond acceptors (Lipinski definition) is 5. The molecule has 0 unspecified atom stereocenters. The van der Waals surface area contributed by atoms with Gasteiger partial charge in [-0.3, -0.25) is 5.43 Å². The van der Waals surface area contributed by atoms with Crippen LogP contribution in [0.15, 0.2) is 100 Å². The molecule has 3 aromatic carbocycles. The fourth-order valence-corrected chi connectivity index (χ4v) is 4.10. The number of nitrogens with one attached hydrogen (secondary N) is 1. The molecule has 0 aliphatic carbocycles. The molecule has 1 aliphatic rings. The number of amidine groups is 1. The average Bonchev–Trinajstić information content (AvgIpc) is 3.28. The third-order valence-electron chi connectivity index (χ3n) is 5.00. The fourth-order valence-electron chi connectivity index (χ4n) is 3.43. The van der Waals surface area contributed by atoms with Gasteiger partial charge in [0.1, 0.15) is 5.75 Å². The second kappa shape index (κ2) is 7.97. The Kier molecular flexibility index (Phi) is 4.87. The van der Waals surface area contributed by atoms with Crippen LogP contribution in [-0.2, 0) is 0 Å². The molecule has 4 aromatic rings. The molecule has 1 aromatic heterocycles. The van der Waals surface area contributed by atoms with Gasteiger partial charge in [0.25, 0.3) is 0 Å². The number of methoxy groups -OCH3 is 1. The maximum absolute atomic E-state index is 5.25. The monoisotopic (exact) mass is 409 g/mol. The number of para-hydroxylation sites is 1. The van der Waals surface area contributed by atoms with Gasteiger partial charge >= 0.3 is 0 Å². The molecule has 0 amide bonds. The van der Waals surface area contributed by atoms with Crippen molar-refractivity contribution in [3.8, 4) is 16.9 Å². The van der Waals surface area contributed by atoms with Gasteiger partial charge < -0.3 is 4.74 Å². The summed E-state index contributed by atoms with van der Waals surface area (Å²) in [6.07, 6.45) is 0. The zero-order chi connectivity index (χ0) is 20.3. The van der Waals surface area contributed by atoms with Gasteiger partial charge in [-0.15, -0.1) is 11.3 Å². The minimum absolute atomic E-state index is 0.766. The van der Waals surface area contributed by atoms with E-state index >= 15 is 0 Å². The Morgan fingerprint density at radius 2 is 1.47 bits per heavy atom. The van der Waals surface area contributed by atoms with Crippen LogP contribution in [0, 0.1) is 0 Å². The van der Waals surface area contributed by atoms with E-state index in [0.717, 1.165) is 50.1 Å². The number of nitrogens with zero attached hydrogens (tertiary/aromatic N) is 2. The Bertz CT molecular complexity index is 1220. The van der Waals surface area contributed by atoms with E-state index < -0.39 is 0 Å². The summed E-state index contributed by atoms with van der Waals surface area (Å²) in [5.74, 6) is 1.62. The normalized spacial score (nSPS) is 12.8. The largest absolute Gasteiger partial charge is 0.497 e. The average molecular weight is 410 g/mol. The van der Waals surface area contributed by atoms with E-state index in [9.17, 15) is 0 Å². The predicted molar refractivity (Wildman–Crippen MR) is 124 cm³/mol. The molecule has 146 valence electrons. The highest BCUT2D eigenvalue weighted by Gasteiger charge is 2.17. The summed E-state index contributed by atoms with van der Waals surface area (Å²) in [4.78, 5) is 5.89. The third kappa shape index (κ3) is 3.51. The number of benzene rings is 3. The smallest absolute Gasteiger partial charge is 0.164 e. The fraction of sp³-hybridized carbons (Fsp3) is 0.0400. The van der Waals surface area contributed by atoms with Crippen LogP contribution in [0.1, 0.15) is 16.0 Å². The number of rotatable bonds is 4. The summed E-state index contributed by atoms with van der Waals surface area (Å²) in [7, 11) is 1.68. The molecule has 0 saturated carbocycles. The number of ether oxygens (including phenoxy) is 1. The molecule has 0 fully saturated rings. The molecule has 0 saturated heterocycles. The molecular weight excluding hydrogens is 390 g/mol. The quantitative estimate of drug-likeness (QED) is 0.459. The van der Waals surface area contributed by atoms with Gasteiger partial charge in [-0.05, 0) is 40.8 Å². The van der Waals surface area contributed by atoms with Gasteiger partial charge in [0, 0.05) is 11.1 Å². The first-order chi connectivity index (χ1) is 14.8. The van der Waals surface area contributed by atoms with Crippen LogP contribution < -0.4 is 10.2 Å². The summed E-state index contributed by atoms with van der Waals surface area (Å²) in [6, 6.07) is 28.7. The van der Waals surface area contributed by atoms with E-state index in [2.05, 4.69) is 47.9 Å². The molecule has 4 nitrogen and oxygen atoms in total. The second-order valence-corrected chi connectivity index (χ2v) is 7.78. The van der Waals surface area contributed by atoms with E-state index in [-0.39, 0.29) is 0 Å². The molecule has 30 heavy (non-hydrogen) atoms. The minimum Gasteiger partial charge on any atom is -0.497 e. The molecule has 0 bridgehead atoms. The molecular formula is C25H19N3OS. The Morgan fingerprint density at radius 3 is 2.17 bits per heavy atom. The number of aliphatic imine (C=N–C) groups is 1. The van der Waals surface area contributed by atoms with Gasteiger partial charge in [0.2, 0.25) is 0 Å². The van der Waals surface area contributed by atoms with Gasteiger partial charge in [-0.2, -0.15) is 5.10 Å². The summed E-state index contributed by atoms with van der Waals surface area (Å²) in [5.41, 5.74) is 9.29. The Labute approximate surface area is 179 Å². The molecule has 1 aliphatic heterocycles. The SMILES string of the molecule is COc1ccc(-c2ccc(C3=NNC(c4cccs4)=Nc4ccccc43)cc2)cc1. The number of hydrazone groups is 1. The number of hydrogen-bond donors (Lipinski definition) is 1. The second-order valence-electron chi connectivity index (χ2n) is 6.83. The van der Waals surface area contributed by atoms with Crippen molar-refractivity contribution in [1.29, 1.82) is 0 Å². The molecule has 0 radical (unpaired) electrons. The van der Waals surface area contributed by atoms with Crippen LogP contribution in [-0.4, -0.2) is 18.7 Å². The van der Waals surface area contributed by atoms with Gasteiger partial charge in [0.15, 0.2) is 5.84 Å². The van der Waals surface area contributed by atoms with E-state index in [0.29, 0.717) is 0 Å². The van der Waals surface area contributed by atoms with E-state index in [1.54, 1.807) is 18.4 Å². The topological polar surface area (TPSA) is 46.0 Å². The maximum atomic E-state index is 5.25. The summed E-state index contributed by atoms with van der Waals surface area (Å²) in [6.45, 7) is 0. The molecule has 1 N–H and O–H groups in total. The van der Waals surface area contributed by atoms with Crippen molar-refractivity contribution in [3.63, 3.8) is 0 Å². The van der Waals surface area contributed by atoms with Crippen LogP contribution in [0.4, 0.5) is 5.69 Å². The van der Waals surface area contributed by atoms with Crippen molar-refractivity contribution >= 4 is 28.6 Å². The van der Waals surface area contributed by atoms with Crippen molar-refractivity contribution in [2.75, 3.05) is 7.11 Å². The zero-order valence-corrected chi connectivity index (χ0v) is 17.2. The first-order valence-corrected chi connectivity index (χ1v) is 10.5. The van der Waals surface area contributed by atoms with Crippen molar-refractivity contribution in [1.82, 2.24) is 5.43 Å². The number of thiophene rings is 1. The van der Waals surface area contributed by atoms with E-state index in [4.69, 9.17) is 14.8 Å². The van der Waals surface area contributed by atoms with Gasteiger partial charge in [-0.25, -0.2) is 4.99 Å². The van der Waals surface area contributed by atoms with Crippen molar-refractivity contribution < 1.29 is 4.74 Å². The highest BCUT2D eigenvalue weighted by Crippen LogP contribution is 2.28. The highest BCUT2D eigenvalue weighted by atomic mass is 32.1. The molecule has 0 atom stereocenters. The Balaban J connectivity index is 1.51. The van der Waals surface area contributed by atoms with Gasteiger partial charge in [-0.1, -0.05) is 60.7 Å². The lowest BCUT2D eigenvalue weighted by Crippen LogP contribution is -2.18. The maximum Gasteiger partial charge on any atom is 0.164 e. The van der Waals surface area contributed by atoms with Crippen molar-refractivity contribution in [3.05, 3.63) is 106 Å². The third-order valence-corrected chi connectivity index (χ3v) is 5.88. The summed E-state index contributed by atoms with van der Waals surface area (Å²) in [5, 5.41) is 6.76. The van der Waals surface area contributed by atoms with Crippen LogP contribution in [0.5, 0.6) is 5.75 Å². The molecule has 5 rings (SSSR count). The lowest BCUT2D eigenvalue weighted by molar-refractivity contribution is 0.415. The summed E-state index contributed by atoms with van der Waals surface area (Å²) < 4.78 is 5.25. The Hall–Kier alpha value is -3.70. The minimum atomic E-state index is 0.766. The van der Waals surface area contributed by atoms with Gasteiger partial charge in [0.05, 0.1) is 23.4 Å². The first-order valence-electron chi connectivity index (χ1n) is 9.62. The van der Waals surface area contributed by atoms with Crippen LogP contribution in [0.25, 0.3) is 11.1 Å². The number of fused-ring (bicyclic) bond motifs is 1. The van der Waals surface area contributed by atoms with Crippen LogP contribution >= 0.6 is 11.3 Å². The Morgan fingerprint density at radius 1 is 0.767 bits per heavy atom. The highest BCUT2D eigenvalue weighted by molar-refractivity contribution is 7.12. The first kappa shape index (κ1) is 18.3. The van der Waals surface area contributed by atoms with Crippen LogP contribution in [0.2, 0.25) is 0 Å². The van der Waals surface area contributed by atoms with E-state index in [1.165, 1.54) is 0 Å². The summed E-state index contributed by atoms with van der Waals surface area (Å²) >= 11 is 1.64. The van der Waals surface area contributed by atoms with Crippen molar-refractivity contribution in [2.45, 2.75) is 0 Å². The van der Waals surface area contributed by atoms with E-state index in [1.807, 2.05) is 47.8 Å². The predicted octanol–water partition coefficient (Wildman–Crippen LogP) is 5.86. The standard InChI is InChI=1S/C25H19N3OS/c1-29-20-14-12-18(13-15-20)17-8-10-19(11-9-17)24-21-5-2-3-6-22(21)26-25(28-27-24)23-7-4-16-30-23/h2-16H,1H3,(H,26,28). The lowest BCUT2D eigenvalue weighted by Gasteiger charge is -2.09. The molecule has 2 heterocycles. The zero-order valence-electron chi connectivity index (χ0n) is 16.4.